The first-order valence-electron chi connectivity index (χ1n) is 7.28. The fraction of sp³-hybridized carbons (Fsp3) is 1.00. The van der Waals surface area contributed by atoms with Gasteiger partial charge in [-0.3, -0.25) is 4.90 Å². The first-order chi connectivity index (χ1) is 8.35. The van der Waals surface area contributed by atoms with E-state index < -0.39 is 0 Å². The van der Waals surface area contributed by atoms with Crippen LogP contribution in [-0.2, 0) is 4.74 Å². The maximum absolute atomic E-state index is 5.31. The van der Waals surface area contributed by atoms with Crippen molar-refractivity contribution in [2.75, 3.05) is 39.9 Å². The van der Waals surface area contributed by atoms with Crippen LogP contribution in [0.15, 0.2) is 0 Å². The average molecular weight is 240 g/mol. The van der Waals surface area contributed by atoms with E-state index >= 15 is 0 Å². The van der Waals surface area contributed by atoms with Crippen LogP contribution in [0.3, 0.4) is 0 Å². The minimum absolute atomic E-state index is 0.772. The number of hydrogen-bond acceptors (Lipinski definition) is 3. The zero-order valence-electron chi connectivity index (χ0n) is 11.5. The topological polar surface area (TPSA) is 24.5 Å². The van der Waals surface area contributed by atoms with Gasteiger partial charge in [-0.2, -0.15) is 0 Å². The van der Waals surface area contributed by atoms with Crippen LogP contribution in [0.1, 0.15) is 32.6 Å². The highest BCUT2D eigenvalue weighted by Gasteiger charge is 2.36. The van der Waals surface area contributed by atoms with Gasteiger partial charge in [0.05, 0.1) is 6.61 Å². The number of nitrogens with zero attached hydrogens (tertiary/aromatic N) is 1. The number of hydrogen-bond donors (Lipinski definition) is 1. The van der Waals surface area contributed by atoms with Crippen molar-refractivity contribution in [3.05, 3.63) is 0 Å². The van der Waals surface area contributed by atoms with Crippen LogP contribution in [0.25, 0.3) is 0 Å². The molecule has 1 aliphatic carbocycles. The zero-order chi connectivity index (χ0) is 12.1. The Morgan fingerprint density at radius 3 is 2.82 bits per heavy atom. The molecule has 1 heterocycles. The fourth-order valence-corrected chi connectivity index (χ4v) is 3.37. The largest absolute Gasteiger partial charge is 0.384 e. The third kappa shape index (κ3) is 3.43. The van der Waals surface area contributed by atoms with Gasteiger partial charge >= 0.3 is 0 Å². The second-order valence-electron chi connectivity index (χ2n) is 5.67. The first kappa shape index (κ1) is 13.3. The molecule has 1 aliphatic heterocycles. The van der Waals surface area contributed by atoms with E-state index in [-0.39, 0.29) is 0 Å². The Hall–Kier alpha value is -0.120. The van der Waals surface area contributed by atoms with Gasteiger partial charge in [-0.15, -0.1) is 0 Å². The predicted octanol–water partition coefficient (Wildman–Crippen LogP) is 1.73. The van der Waals surface area contributed by atoms with Crippen molar-refractivity contribution in [3.63, 3.8) is 0 Å². The maximum atomic E-state index is 5.31. The summed E-state index contributed by atoms with van der Waals surface area (Å²) in [4.78, 5) is 2.73. The van der Waals surface area contributed by atoms with Crippen molar-refractivity contribution in [3.8, 4) is 0 Å². The van der Waals surface area contributed by atoms with Crippen LogP contribution < -0.4 is 5.32 Å². The highest BCUT2D eigenvalue weighted by Crippen LogP contribution is 2.34. The van der Waals surface area contributed by atoms with Gasteiger partial charge in [0.15, 0.2) is 0 Å². The Bertz CT molecular complexity index is 220. The van der Waals surface area contributed by atoms with E-state index in [1.807, 2.05) is 7.11 Å². The van der Waals surface area contributed by atoms with E-state index in [1.165, 1.54) is 45.3 Å². The SMILES string of the molecule is CCNCC1CCC1N1CCCC(COC)C1. The molecule has 0 aromatic heterocycles. The molecule has 2 aliphatic rings. The van der Waals surface area contributed by atoms with Crippen LogP contribution in [-0.4, -0.2) is 50.8 Å². The third-order valence-corrected chi connectivity index (χ3v) is 4.46. The van der Waals surface area contributed by atoms with E-state index in [1.54, 1.807) is 0 Å². The van der Waals surface area contributed by atoms with Gasteiger partial charge in [-0.1, -0.05) is 6.92 Å². The second-order valence-corrected chi connectivity index (χ2v) is 5.67. The molecule has 0 radical (unpaired) electrons. The minimum Gasteiger partial charge on any atom is -0.384 e. The van der Waals surface area contributed by atoms with Crippen LogP contribution in [0, 0.1) is 11.8 Å². The predicted molar refractivity (Wildman–Crippen MR) is 71.2 cm³/mol. The lowest BCUT2D eigenvalue weighted by molar-refractivity contribution is 0.0107. The van der Waals surface area contributed by atoms with E-state index in [0.717, 1.165) is 31.0 Å². The standard InChI is InChI=1S/C14H28N2O/c1-3-15-9-13-6-7-14(13)16-8-4-5-12(10-16)11-17-2/h12-15H,3-11H2,1-2H3. The molecule has 3 atom stereocenters. The fourth-order valence-electron chi connectivity index (χ4n) is 3.37. The van der Waals surface area contributed by atoms with Crippen LogP contribution in [0.2, 0.25) is 0 Å². The van der Waals surface area contributed by atoms with E-state index in [9.17, 15) is 0 Å². The Kier molecular flexibility index (Phi) is 5.26. The molecule has 2 rings (SSSR count). The molecule has 3 heteroatoms. The summed E-state index contributed by atoms with van der Waals surface area (Å²) < 4.78 is 5.31. The molecule has 2 fully saturated rings. The molecule has 0 bridgehead atoms. The number of likely N-dealkylation sites (tertiary alicyclic amines) is 1. The Morgan fingerprint density at radius 2 is 2.18 bits per heavy atom. The normalized spacial score (nSPS) is 34.6. The smallest absolute Gasteiger partial charge is 0.0502 e. The van der Waals surface area contributed by atoms with Crippen molar-refractivity contribution < 1.29 is 4.74 Å². The lowest BCUT2D eigenvalue weighted by Gasteiger charge is -2.47. The Balaban J connectivity index is 1.77. The number of nitrogens with one attached hydrogen (secondary N) is 1. The third-order valence-electron chi connectivity index (χ3n) is 4.46. The molecule has 3 nitrogen and oxygen atoms in total. The number of methoxy groups -OCH3 is 1. The van der Waals surface area contributed by atoms with E-state index in [4.69, 9.17) is 4.74 Å². The molecule has 0 amide bonds. The molecule has 1 saturated heterocycles. The quantitative estimate of drug-likeness (QED) is 0.765. The summed E-state index contributed by atoms with van der Waals surface area (Å²) in [5, 5.41) is 3.50. The Morgan fingerprint density at radius 1 is 1.29 bits per heavy atom. The van der Waals surface area contributed by atoms with Crippen LogP contribution in [0.5, 0.6) is 0 Å². The summed E-state index contributed by atoms with van der Waals surface area (Å²) >= 11 is 0. The van der Waals surface area contributed by atoms with Crippen molar-refractivity contribution in [2.24, 2.45) is 11.8 Å². The van der Waals surface area contributed by atoms with Crippen molar-refractivity contribution in [1.29, 1.82) is 0 Å². The molecule has 0 aromatic carbocycles. The molecule has 0 aromatic rings. The molecule has 17 heavy (non-hydrogen) atoms. The van der Waals surface area contributed by atoms with Crippen molar-refractivity contribution in [1.82, 2.24) is 10.2 Å². The highest BCUT2D eigenvalue weighted by atomic mass is 16.5. The summed E-state index contributed by atoms with van der Waals surface area (Å²) in [6, 6.07) is 0.855. The number of ether oxygens (including phenoxy) is 1. The molecule has 3 unspecified atom stereocenters. The van der Waals surface area contributed by atoms with Crippen molar-refractivity contribution >= 4 is 0 Å². The van der Waals surface area contributed by atoms with Gasteiger partial charge in [-0.25, -0.2) is 0 Å². The lowest BCUT2D eigenvalue weighted by Crippen LogP contribution is -2.53. The Labute approximate surface area is 106 Å². The molecule has 1 N–H and O–H groups in total. The van der Waals surface area contributed by atoms with Gasteiger partial charge in [0, 0.05) is 19.7 Å². The number of piperidine rings is 1. The summed E-state index contributed by atoms with van der Waals surface area (Å²) in [5.74, 6) is 1.67. The van der Waals surface area contributed by atoms with Gasteiger partial charge in [0.25, 0.3) is 0 Å². The van der Waals surface area contributed by atoms with E-state index in [2.05, 4.69) is 17.1 Å². The molecule has 1 saturated carbocycles. The molecule has 100 valence electrons. The van der Waals surface area contributed by atoms with Crippen LogP contribution >= 0.6 is 0 Å². The van der Waals surface area contributed by atoms with Gasteiger partial charge in [0.1, 0.15) is 0 Å². The second kappa shape index (κ2) is 6.72. The maximum Gasteiger partial charge on any atom is 0.0502 e. The van der Waals surface area contributed by atoms with Crippen LogP contribution in [0.4, 0.5) is 0 Å². The summed E-state index contributed by atoms with van der Waals surface area (Å²) in [6.07, 6.45) is 5.55. The van der Waals surface area contributed by atoms with Gasteiger partial charge in [-0.05, 0) is 57.2 Å². The first-order valence-corrected chi connectivity index (χ1v) is 7.28. The van der Waals surface area contributed by atoms with Gasteiger partial charge < -0.3 is 10.1 Å². The zero-order valence-corrected chi connectivity index (χ0v) is 11.5. The average Bonchev–Trinajstić information content (AvgIpc) is 2.29. The monoisotopic (exact) mass is 240 g/mol. The number of rotatable bonds is 6. The molecular weight excluding hydrogens is 212 g/mol. The molecule has 0 spiro atoms. The summed E-state index contributed by atoms with van der Waals surface area (Å²) in [7, 11) is 1.83. The highest BCUT2D eigenvalue weighted by molar-refractivity contribution is 4.92. The van der Waals surface area contributed by atoms with Crippen molar-refractivity contribution in [2.45, 2.75) is 38.6 Å². The molecular formula is C14H28N2O. The summed E-state index contributed by atoms with van der Waals surface area (Å²) in [6.45, 7) is 8.04. The summed E-state index contributed by atoms with van der Waals surface area (Å²) in [5.41, 5.74) is 0. The van der Waals surface area contributed by atoms with E-state index in [0.29, 0.717) is 0 Å². The van der Waals surface area contributed by atoms with Gasteiger partial charge in [0.2, 0.25) is 0 Å². The lowest BCUT2D eigenvalue weighted by atomic mass is 9.77. The minimum atomic E-state index is 0.772.